The Morgan fingerprint density at radius 2 is 2.11 bits per heavy atom. The number of unbranched alkanes of at least 4 members (excludes halogenated alkanes) is 1. The highest BCUT2D eigenvalue weighted by atomic mass is 19.4. The quantitative estimate of drug-likeness (QED) is 0.725. The third-order valence-electron chi connectivity index (χ3n) is 2.87. The minimum absolute atomic E-state index is 0.00438. The average molecular weight is 278 g/mol. The molecule has 0 fully saturated rings. The predicted molar refractivity (Wildman–Crippen MR) is 63.1 cm³/mol. The molecule has 108 valence electrons. The number of nitrogens with one attached hydrogen (secondary N) is 1. The topological polar surface area (TPSA) is 97.8 Å². The van der Waals surface area contributed by atoms with Gasteiger partial charge in [-0.25, -0.2) is 4.98 Å². The Hall–Kier alpha value is -1.57. The molecule has 0 saturated heterocycles. The fraction of sp³-hybridized carbons (Fsp3) is 0.636. The van der Waals surface area contributed by atoms with Crippen LogP contribution < -0.4 is 11.5 Å². The van der Waals surface area contributed by atoms with Crippen LogP contribution in [0.25, 0.3) is 0 Å². The molecule has 0 aliphatic rings. The summed E-state index contributed by atoms with van der Waals surface area (Å²) in [7, 11) is 0. The maximum atomic E-state index is 12.8. The molecule has 1 heterocycles. The number of hydrogen-bond acceptors (Lipinski definition) is 3. The Kier molecular flexibility index (Phi) is 4.56. The van der Waals surface area contributed by atoms with Gasteiger partial charge in [0.25, 0.3) is 0 Å². The molecule has 1 atom stereocenters. The van der Waals surface area contributed by atoms with E-state index >= 15 is 0 Å². The van der Waals surface area contributed by atoms with Gasteiger partial charge in [0.05, 0.1) is 0 Å². The maximum absolute atomic E-state index is 12.8. The summed E-state index contributed by atoms with van der Waals surface area (Å²) in [5.41, 5.74) is 7.48. The van der Waals surface area contributed by atoms with Crippen molar-refractivity contribution in [2.24, 2.45) is 11.5 Å². The van der Waals surface area contributed by atoms with E-state index in [1.807, 2.05) is 6.92 Å². The lowest BCUT2D eigenvalue weighted by Gasteiger charge is -2.27. The third-order valence-corrected chi connectivity index (χ3v) is 2.87. The van der Waals surface area contributed by atoms with Crippen LogP contribution in [0.2, 0.25) is 0 Å². The van der Waals surface area contributed by atoms with Gasteiger partial charge in [0.15, 0.2) is 5.54 Å². The van der Waals surface area contributed by atoms with Crippen molar-refractivity contribution in [2.45, 2.75) is 44.3 Å². The molecular formula is C11H17F3N4O. The summed E-state index contributed by atoms with van der Waals surface area (Å²) < 4.78 is 38.3. The lowest BCUT2D eigenvalue weighted by atomic mass is 9.94. The van der Waals surface area contributed by atoms with Gasteiger partial charge < -0.3 is 16.5 Å². The number of aromatic amines is 1. The Morgan fingerprint density at radius 3 is 2.58 bits per heavy atom. The van der Waals surface area contributed by atoms with Gasteiger partial charge in [-0.05, 0) is 12.8 Å². The number of H-pyrrole nitrogens is 1. The number of aryl methyl sites for hydroxylation is 1. The fourth-order valence-electron chi connectivity index (χ4n) is 1.58. The molecule has 5 nitrogen and oxygen atoms in total. The normalized spacial score (nSPS) is 15.2. The van der Waals surface area contributed by atoms with Crippen LogP contribution in [0.3, 0.4) is 0 Å². The van der Waals surface area contributed by atoms with Gasteiger partial charge in [-0.3, -0.25) is 4.79 Å². The summed E-state index contributed by atoms with van der Waals surface area (Å²) in [4.78, 5) is 17.5. The summed E-state index contributed by atoms with van der Waals surface area (Å²) in [6, 6.07) is 0. The van der Waals surface area contributed by atoms with Crippen molar-refractivity contribution in [1.29, 1.82) is 0 Å². The molecule has 0 bridgehead atoms. The number of nitrogens with zero attached hydrogens (tertiary/aromatic N) is 1. The highest BCUT2D eigenvalue weighted by Gasteiger charge is 2.57. The van der Waals surface area contributed by atoms with Crippen LogP contribution in [0.4, 0.5) is 13.2 Å². The van der Waals surface area contributed by atoms with Crippen molar-refractivity contribution < 1.29 is 18.0 Å². The zero-order valence-corrected chi connectivity index (χ0v) is 10.5. The van der Waals surface area contributed by atoms with Gasteiger partial charge in [0, 0.05) is 18.3 Å². The molecule has 1 aromatic heterocycles. The third kappa shape index (κ3) is 3.46. The second-order valence-electron chi connectivity index (χ2n) is 4.47. The maximum Gasteiger partial charge on any atom is 0.415 e. The Morgan fingerprint density at radius 1 is 1.47 bits per heavy atom. The molecule has 8 heteroatoms. The van der Waals surface area contributed by atoms with E-state index in [2.05, 4.69) is 9.97 Å². The van der Waals surface area contributed by atoms with Gasteiger partial charge in [-0.2, -0.15) is 13.2 Å². The largest absolute Gasteiger partial charge is 0.415 e. The molecule has 0 aliphatic carbocycles. The van der Waals surface area contributed by atoms with Crippen LogP contribution in [-0.2, 0) is 17.6 Å². The minimum Gasteiger partial charge on any atom is -0.368 e. The highest BCUT2D eigenvalue weighted by molar-refractivity contribution is 5.85. The van der Waals surface area contributed by atoms with E-state index in [-0.39, 0.29) is 5.82 Å². The predicted octanol–water partition coefficient (Wildman–Crippen LogP) is 1.04. The van der Waals surface area contributed by atoms with E-state index in [4.69, 9.17) is 11.5 Å². The fourth-order valence-corrected chi connectivity index (χ4v) is 1.58. The minimum atomic E-state index is -4.92. The molecule has 1 rings (SSSR count). The van der Waals surface area contributed by atoms with E-state index < -0.39 is 24.0 Å². The number of hydrogen-bond donors (Lipinski definition) is 3. The summed E-state index contributed by atoms with van der Waals surface area (Å²) >= 11 is 0. The van der Waals surface area contributed by atoms with Crippen molar-refractivity contribution >= 4 is 5.91 Å². The summed E-state index contributed by atoms with van der Waals surface area (Å²) in [6.45, 7) is 2.00. The highest BCUT2D eigenvalue weighted by Crippen LogP contribution is 2.30. The second-order valence-corrected chi connectivity index (χ2v) is 4.47. The summed E-state index contributed by atoms with van der Waals surface area (Å²) in [5, 5.41) is 0. The first kappa shape index (κ1) is 15.5. The number of nitrogens with two attached hydrogens (primary N) is 2. The lowest BCUT2D eigenvalue weighted by Crippen LogP contribution is -2.63. The lowest BCUT2D eigenvalue weighted by molar-refractivity contribution is -0.189. The smallest absolute Gasteiger partial charge is 0.368 e. The number of carbonyl (C=O) groups is 1. The molecule has 1 amide bonds. The van der Waals surface area contributed by atoms with Crippen molar-refractivity contribution in [3.05, 3.63) is 17.7 Å². The Balaban J connectivity index is 2.86. The molecule has 0 spiro atoms. The zero-order chi connectivity index (χ0) is 14.7. The number of alkyl halides is 3. The number of amides is 1. The molecule has 0 saturated carbocycles. The Labute approximate surface area is 108 Å². The molecule has 1 unspecified atom stereocenters. The van der Waals surface area contributed by atoms with Crippen molar-refractivity contribution in [1.82, 2.24) is 9.97 Å². The van der Waals surface area contributed by atoms with Gasteiger partial charge in [0.1, 0.15) is 5.82 Å². The van der Waals surface area contributed by atoms with E-state index in [1.54, 1.807) is 0 Å². The first-order valence-corrected chi connectivity index (χ1v) is 5.89. The monoisotopic (exact) mass is 278 g/mol. The first-order valence-electron chi connectivity index (χ1n) is 5.89. The van der Waals surface area contributed by atoms with Gasteiger partial charge in [-0.15, -0.1) is 0 Å². The Bertz CT molecular complexity index is 443. The summed E-state index contributed by atoms with van der Waals surface area (Å²) in [5.74, 6) is -1.61. The van der Waals surface area contributed by atoms with Crippen molar-refractivity contribution in [3.63, 3.8) is 0 Å². The van der Waals surface area contributed by atoms with Crippen LogP contribution in [0.1, 0.15) is 31.3 Å². The molecular weight excluding hydrogens is 261 g/mol. The van der Waals surface area contributed by atoms with E-state index in [1.165, 1.54) is 6.20 Å². The standard InChI is InChI=1S/C11H17F3N4O/c1-2-3-4-7-6-17-8(18-7)5-10(16,9(15)19)11(12,13)14/h6H,2-5,16H2,1H3,(H2,15,19)(H,17,18). The molecule has 1 aromatic rings. The van der Waals surface area contributed by atoms with E-state index in [0.717, 1.165) is 12.8 Å². The van der Waals surface area contributed by atoms with E-state index in [0.29, 0.717) is 12.1 Å². The number of carbonyl (C=O) groups excluding carboxylic acids is 1. The van der Waals surface area contributed by atoms with Crippen molar-refractivity contribution in [2.75, 3.05) is 0 Å². The van der Waals surface area contributed by atoms with Crippen LogP contribution in [0.15, 0.2) is 6.20 Å². The van der Waals surface area contributed by atoms with Crippen LogP contribution in [0.5, 0.6) is 0 Å². The second kappa shape index (κ2) is 5.60. The van der Waals surface area contributed by atoms with Gasteiger partial charge in [-0.1, -0.05) is 13.3 Å². The van der Waals surface area contributed by atoms with Crippen LogP contribution >= 0.6 is 0 Å². The molecule has 0 radical (unpaired) electrons. The van der Waals surface area contributed by atoms with Crippen LogP contribution in [0, 0.1) is 0 Å². The number of imidazole rings is 1. The van der Waals surface area contributed by atoms with E-state index in [9.17, 15) is 18.0 Å². The first-order chi connectivity index (χ1) is 8.70. The average Bonchev–Trinajstić information content (AvgIpc) is 2.72. The zero-order valence-electron chi connectivity index (χ0n) is 10.5. The van der Waals surface area contributed by atoms with Crippen LogP contribution in [-0.4, -0.2) is 27.6 Å². The van der Waals surface area contributed by atoms with Gasteiger partial charge >= 0.3 is 6.18 Å². The number of aromatic nitrogens is 2. The number of primary amides is 1. The molecule has 0 aromatic carbocycles. The van der Waals surface area contributed by atoms with Gasteiger partial charge in [0.2, 0.25) is 5.91 Å². The molecule has 0 aliphatic heterocycles. The molecule has 5 N–H and O–H groups in total. The number of rotatable bonds is 6. The number of halogens is 3. The molecule has 19 heavy (non-hydrogen) atoms. The van der Waals surface area contributed by atoms with Crippen molar-refractivity contribution in [3.8, 4) is 0 Å². The SMILES string of the molecule is CCCCc1cnc(CC(N)(C(N)=O)C(F)(F)F)[nH]1. The summed E-state index contributed by atoms with van der Waals surface area (Å²) in [6.07, 6.45) is -1.73.